The van der Waals surface area contributed by atoms with Gasteiger partial charge in [-0.1, -0.05) is 0 Å². The fourth-order valence-electron chi connectivity index (χ4n) is 5.50. The molecule has 4 aliphatic carbocycles. The summed E-state index contributed by atoms with van der Waals surface area (Å²) in [6.07, 6.45) is 6.96. The molecule has 1 aromatic carbocycles. The van der Waals surface area contributed by atoms with Gasteiger partial charge in [-0.25, -0.2) is 0 Å². The average Bonchev–Trinajstić information content (AvgIpc) is 2.54. The second-order valence-corrected chi connectivity index (χ2v) is 8.46. The van der Waals surface area contributed by atoms with E-state index in [1.165, 1.54) is 19.3 Å². The Morgan fingerprint density at radius 3 is 2.00 bits per heavy atom. The van der Waals surface area contributed by atoms with Gasteiger partial charge in [0.05, 0.1) is 5.41 Å². The van der Waals surface area contributed by atoms with Crippen molar-refractivity contribution in [1.82, 2.24) is 5.32 Å². The third-order valence-electron chi connectivity index (χ3n) is 6.17. The van der Waals surface area contributed by atoms with E-state index in [1.807, 2.05) is 0 Å². The summed E-state index contributed by atoms with van der Waals surface area (Å²) in [6, 6.07) is 6.72. The third-order valence-corrected chi connectivity index (χ3v) is 6.38. The number of carbonyl (C=O) groups is 2. The van der Waals surface area contributed by atoms with Crippen LogP contribution in [-0.4, -0.2) is 16.9 Å². The number of amides is 2. The van der Waals surface area contributed by atoms with Gasteiger partial charge in [-0.3, -0.25) is 9.59 Å². The van der Waals surface area contributed by atoms with Crippen molar-refractivity contribution in [1.29, 1.82) is 0 Å². The zero-order valence-electron chi connectivity index (χ0n) is 14.1. The smallest absolute Gasteiger partial charge is 0.248 e. The van der Waals surface area contributed by atoms with Crippen LogP contribution in [0, 0.1) is 23.2 Å². The highest BCUT2D eigenvalue weighted by Gasteiger charge is 2.54. The Bertz CT molecular complexity index is 693. The van der Waals surface area contributed by atoms with E-state index in [9.17, 15) is 9.59 Å². The van der Waals surface area contributed by atoms with E-state index < -0.39 is 5.91 Å². The zero-order chi connectivity index (χ0) is 17.6. The summed E-state index contributed by atoms with van der Waals surface area (Å²) in [5.41, 5.74) is 6.18. The van der Waals surface area contributed by atoms with Gasteiger partial charge in [0.25, 0.3) is 0 Å². The predicted octanol–water partition coefficient (Wildman–Crippen LogP) is 2.81. The van der Waals surface area contributed by atoms with Crippen LogP contribution in [-0.2, 0) is 4.79 Å². The summed E-state index contributed by atoms with van der Waals surface area (Å²) in [4.78, 5) is 24.0. The van der Waals surface area contributed by atoms with Crippen LogP contribution in [0.15, 0.2) is 24.3 Å². The molecule has 6 heteroatoms. The molecule has 4 bridgehead atoms. The van der Waals surface area contributed by atoms with Crippen LogP contribution in [0.1, 0.15) is 48.9 Å². The Kier molecular flexibility index (Phi) is 4.02. The molecule has 0 aromatic heterocycles. The normalized spacial score (nSPS) is 32.2. The van der Waals surface area contributed by atoms with Gasteiger partial charge in [-0.05, 0) is 92.8 Å². The Balaban J connectivity index is 1.39. The monoisotopic (exact) mass is 357 g/mol. The number of primary amides is 1. The molecule has 25 heavy (non-hydrogen) atoms. The van der Waals surface area contributed by atoms with E-state index in [1.54, 1.807) is 24.3 Å². The van der Waals surface area contributed by atoms with E-state index in [0.29, 0.717) is 10.7 Å². The van der Waals surface area contributed by atoms with Crippen LogP contribution in [0.4, 0.5) is 5.69 Å². The highest BCUT2D eigenvalue weighted by atomic mass is 32.1. The molecular weight excluding hydrogens is 334 g/mol. The molecule has 4 saturated carbocycles. The number of hydrogen-bond donors (Lipinski definition) is 3. The van der Waals surface area contributed by atoms with Crippen molar-refractivity contribution in [3.63, 3.8) is 0 Å². The maximum Gasteiger partial charge on any atom is 0.248 e. The molecule has 4 aliphatic rings. The molecule has 132 valence electrons. The molecule has 0 spiro atoms. The number of rotatable bonds is 3. The van der Waals surface area contributed by atoms with Crippen molar-refractivity contribution in [2.75, 3.05) is 5.32 Å². The number of carbonyl (C=O) groups excluding carboxylic acids is 2. The number of anilines is 1. The second-order valence-electron chi connectivity index (χ2n) is 8.05. The Morgan fingerprint density at radius 1 is 1.00 bits per heavy atom. The first-order chi connectivity index (χ1) is 11.9. The number of nitrogens with one attached hydrogen (secondary N) is 2. The van der Waals surface area contributed by atoms with Crippen LogP contribution >= 0.6 is 12.2 Å². The fourth-order valence-corrected chi connectivity index (χ4v) is 5.72. The summed E-state index contributed by atoms with van der Waals surface area (Å²) in [6.45, 7) is 0. The topological polar surface area (TPSA) is 84.2 Å². The Hall–Kier alpha value is -1.95. The van der Waals surface area contributed by atoms with Crippen molar-refractivity contribution in [3.8, 4) is 0 Å². The van der Waals surface area contributed by atoms with Gasteiger partial charge in [0.2, 0.25) is 11.8 Å². The third kappa shape index (κ3) is 3.15. The van der Waals surface area contributed by atoms with Crippen molar-refractivity contribution in [2.45, 2.75) is 38.5 Å². The molecule has 0 atom stereocenters. The molecular formula is C19H23N3O2S. The van der Waals surface area contributed by atoms with Crippen molar-refractivity contribution >= 4 is 34.8 Å². The predicted molar refractivity (Wildman–Crippen MR) is 99.9 cm³/mol. The van der Waals surface area contributed by atoms with Crippen molar-refractivity contribution in [3.05, 3.63) is 29.8 Å². The molecule has 0 aliphatic heterocycles. The summed E-state index contributed by atoms with van der Waals surface area (Å²) < 4.78 is 0. The quantitative estimate of drug-likeness (QED) is 0.726. The molecule has 4 N–H and O–H groups in total. The maximum atomic E-state index is 12.9. The average molecular weight is 357 g/mol. The molecule has 4 fully saturated rings. The van der Waals surface area contributed by atoms with Gasteiger partial charge in [0, 0.05) is 11.3 Å². The van der Waals surface area contributed by atoms with E-state index in [-0.39, 0.29) is 11.3 Å². The van der Waals surface area contributed by atoms with Crippen molar-refractivity contribution < 1.29 is 9.59 Å². The van der Waals surface area contributed by atoms with Gasteiger partial charge < -0.3 is 16.4 Å². The standard InChI is InChI=1S/C19H23N3O2S/c20-16(23)14-1-3-15(4-2-14)21-18(25)22-17(24)19-8-11-5-12(9-19)7-13(6-11)10-19/h1-4,11-13H,5-10H2,(H2,20,23)(H2,21,22,24,25). The lowest BCUT2D eigenvalue weighted by molar-refractivity contribution is -0.144. The zero-order valence-corrected chi connectivity index (χ0v) is 14.9. The SMILES string of the molecule is NC(=O)c1ccc(NC(=S)NC(=O)C23CC4CC(CC(C4)C2)C3)cc1. The number of nitrogens with two attached hydrogens (primary N) is 1. The molecule has 0 unspecified atom stereocenters. The van der Waals surface area contributed by atoms with Gasteiger partial charge in [-0.15, -0.1) is 0 Å². The van der Waals surface area contributed by atoms with Gasteiger partial charge in [0.15, 0.2) is 5.11 Å². The van der Waals surface area contributed by atoms with Crippen molar-refractivity contribution in [2.24, 2.45) is 28.9 Å². The fraction of sp³-hybridized carbons (Fsp3) is 0.526. The molecule has 2 amide bonds. The van der Waals surface area contributed by atoms with Crippen LogP contribution in [0.5, 0.6) is 0 Å². The van der Waals surface area contributed by atoms with E-state index >= 15 is 0 Å². The Morgan fingerprint density at radius 2 is 1.52 bits per heavy atom. The minimum Gasteiger partial charge on any atom is -0.366 e. The minimum absolute atomic E-state index is 0.0813. The molecule has 0 heterocycles. The van der Waals surface area contributed by atoms with E-state index in [4.69, 9.17) is 18.0 Å². The lowest BCUT2D eigenvalue weighted by atomic mass is 9.49. The minimum atomic E-state index is -0.468. The lowest BCUT2D eigenvalue weighted by Crippen LogP contribution is -2.55. The van der Waals surface area contributed by atoms with Crippen LogP contribution in [0.25, 0.3) is 0 Å². The first-order valence-electron chi connectivity index (χ1n) is 8.96. The first kappa shape index (κ1) is 16.5. The highest BCUT2D eigenvalue weighted by Crippen LogP contribution is 2.60. The molecule has 5 nitrogen and oxygen atoms in total. The number of hydrogen-bond acceptors (Lipinski definition) is 3. The highest BCUT2D eigenvalue weighted by molar-refractivity contribution is 7.80. The van der Waals surface area contributed by atoms with Gasteiger partial charge >= 0.3 is 0 Å². The van der Waals surface area contributed by atoms with Crippen LogP contribution in [0.2, 0.25) is 0 Å². The second kappa shape index (κ2) is 6.09. The van der Waals surface area contributed by atoms with Crippen LogP contribution in [0.3, 0.4) is 0 Å². The molecule has 0 radical (unpaired) electrons. The van der Waals surface area contributed by atoms with Gasteiger partial charge in [0.1, 0.15) is 0 Å². The summed E-state index contributed by atoms with van der Waals surface area (Å²) >= 11 is 5.32. The molecule has 5 rings (SSSR count). The van der Waals surface area contributed by atoms with E-state index in [2.05, 4.69) is 10.6 Å². The molecule has 1 aromatic rings. The lowest BCUT2D eigenvalue weighted by Gasteiger charge is -2.55. The maximum absolute atomic E-state index is 12.9. The summed E-state index contributed by atoms with van der Waals surface area (Å²) in [5.74, 6) is 1.78. The van der Waals surface area contributed by atoms with Gasteiger partial charge in [-0.2, -0.15) is 0 Å². The largest absolute Gasteiger partial charge is 0.366 e. The summed E-state index contributed by atoms with van der Waals surface area (Å²) in [5, 5.41) is 6.24. The molecule has 0 saturated heterocycles. The Labute approximate surface area is 152 Å². The van der Waals surface area contributed by atoms with Crippen LogP contribution < -0.4 is 16.4 Å². The summed E-state index contributed by atoms with van der Waals surface area (Å²) in [7, 11) is 0. The number of benzene rings is 1. The number of thiocarbonyl (C=S) groups is 1. The van der Waals surface area contributed by atoms with E-state index in [0.717, 1.165) is 42.7 Å². The first-order valence-corrected chi connectivity index (χ1v) is 9.37.